The zero-order valence-electron chi connectivity index (χ0n) is 19.4. The highest BCUT2D eigenvalue weighted by molar-refractivity contribution is 5.86. The molecule has 2 aliphatic rings. The Bertz CT molecular complexity index is 1070. The van der Waals surface area contributed by atoms with Gasteiger partial charge in [0.05, 0.1) is 18.3 Å². The number of aromatic nitrogens is 1. The number of esters is 1. The van der Waals surface area contributed by atoms with E-state index in [0.29, 0.717) is 6.42 Å². The number of ether oxygens (including phenoxy) is 1. The van der Waals surface area contributed by atoms with Gasteiger partial charge in [-0.1, -0.05) is 25.1 Å². The Labute approximate surface area is 193 Å². The van der Waals surface area contributed by atoms with Crippen molar-refractivity contribution in [3.63, 3.8) is 0 Å². The topological polar surface area (TPSA) is 109 Å². The molecule has 0 spiro atoms. The van der Waals surface area contributed by atoms with Crippen molar-refractivity contribution in [3.8, 4) is 0 Å². The average Bonchev–Trinajstić information content (AvgIpc) is 3.14. The first-order chi connectivity index (χ1) is 15.7. The second kappa shape index (κ2) is 9.91. The number of aliphatic hydroxyl groups is 2. The van der Waals surface area contributed by atoms with Crippen molar-refractivity contribution in [2.24, 2.45) is 5.41 Å². The third-order valence-corrected chi connectivity index (χ3v) is 7.12. The SMILES string of the molecule is CCC12CCCN(/C=C/C(=O)OC)CCc3c(n(c4ccccc34)C(C)(O)C1)C2O.O=C=O. The van der Waals surface area contributed by atoms with Crippen LogP contribution in [0, 0.1) is 5.41 Å². The molecule has 33 heavy (non-hydrogen) atoms. The van der Waals surface area contributed by atoms with E-state index in [2.05, 4.69) is 17.9 Å². The van der Waals surface area contributed by atoms with Crippen LogP contribution in [0.3, 0.4) is 0 Å². The normalized spacial score (nSPS) is 26.9. The summed E-state index contributed by atoms with van der Waals surface area (Å²) in [6.45, 7) is 5.50. The highest BCUT2D eigenvalue weighted by Crippen LogP contribution is 2.55. The van der Waals surface area contributed by atoms with E-state index >= 15 is 0 Å². The third kappa shape index (κ3) is 4.60. The fourth-order valence-corrected chi connectivity index (χ4v) is 5.63. The molecule has 2 aliphatic heterocycles. The lowest BCUT2D eigenvalue weighted by Gasteiger charge is -2.49. The van der Waals surface area contributed by atoms with E-state index in [9.17, 15) is 15.0 Å². The number of hydrogen-bond donors (Lipinski definition) is 2. The minimum atomic E-state index is -1.05. The lowest BCUT2D eigenvalue weighted by atomic mass is 9.66. The van der Waals surface area contributed by atoms with E-state index < -0.39 is 11.8 Å². The van der Waals surface area contributed by atoms with Gasteiger partial charge < -0.3 is 24.4 Å². The monoisotopic (exact) mass is 456 g/mol. The van der Waals surface area contributed by atoms with Crippen molar-refractivity contribution in [1.29, 1.82) is 0 Å². The molecule has 1 aromatic heterocycles. The average molecular weight is 457 g/mol. The number of fused-ring (bicyclic) bond motifs is 4. The third-order valence-electron chi connectivity index (χ3n) is 7.12. The molecule has 3 atom stereocenters. The van der Waals surface area contributed by atoms with Crippen LogP contribution < -0.4 is 0 Å². The van der Waals surface area contributed by atoms with E-state index in [1.54, 1.807) is 0 Å². The van der Waals surface area contributed by atoms with Crippen LogP contribution in [0.5, 0.6) is 0 Å². The van der Waals surface area contributed by atoms with Crippen LogP contribution in [0.2, 0.25) is 0 Å². The molecule has 3 unspecified atom stereocenters. The molecule has 2 N–H and O–H groups in total. The Morgan fingerprint density at radius 2 is 2.00 bits per heavy atom. The van der Waals surface area contributed by atoms with Crippen molar-refractivity contribution >= 4 is 23.0 Å². The molecule has 0 fully saturated rings. The number of benzene rings is 1. The van der Waals surface area contributed by atoms with Crippen LogP contribution in [0.25, 0.3) is 10.9 Å². The Morgan fingerprint density at radius 1 is 1.30 bits per heavy atom. The van der Waals surface area contributed by atoms with Gasteiger partial charge in [-0.15, -0.1) is 0 Å². The lowest BCUT2D eigenvalue weighted by molar-refractivity contribution is -0.191. The number of aliphatic hydroxyl groups excluding tert-OH is 1. The summed E-state index contributed by atoms with van der Waals surface area (Å²) in [6, 6.07) is 8.09. The molecule has 0 radical (unpaired) electrons. The van der Waals surface area contributed by atoms with E-state index in [4.69, 9.17) is 14.3 Å². The molecule has 0 saturated carbocycles. The molecule has 0 amide bonds. The van der Waals surface area contributed by atoms with Gasteiger partial charge in [-0.2, -0.15) is 9.59 Å². The molecule has 2 bridgehead atoms. The minimum absolute atomic E-state index is 0.250. The number of para-hydroxylation sites is 1. The standard InChI is InChI=1S/C24H32N2O4.CO2/c1-4-24-12-7-13-25(15-11-20(27)30-3)14-10-18-17-8-5-6-9-19(17)26(21(18)22(24)28)23(2,29)16-24;2-1-3/h5-6,8-9,11,15,22,28-29H,4,7,10,12-14,16H2,1-3H3;/b15-11+;. The van der Waals surface area contributed by atoms with Gasteiger partial charge in [0.25, 0.3) is 0 Å². The van der Waals surface area contributed by atoms with Crippen LogP contribution in [-0.2, 0) is 31.3 Å². The second-order valence-corrected chi connectivity index (χ2v) is 9.04. The quantitative estimate of drug-likeness (QED) is 0.540. The molecule has 178 valence electrons. The first kappa shape index (κ1) is 24.7. The predicted molar refractivity (Wildman–Crippen MR) is 121 cm³/mol. The molecule has 1 aromatic carbocycles. The number of methoxy groups -OCH3 is 1. The summed E-state index contributed by atoms with van der Waals surface area (Å²) in [7, 11) is 1.38. The summed E-state index contributed by atoms with van der Waals surface area (Å²) in [6.07, 6.45) is 6.65. The summed E-state index contributed by atoms with van der Waals surface area (Å²) >= 11 is 0. The molecule has 0 aliphatic carbocycles. The maximum Gasteiger partial charge on any atom is 0.373 e. The summed E-state index contributed by atoms with van der Waals surface area (Å²) in [4.78, 5) is 30.0. The molecular formula is C25H32N2O6. The Kier molecular flexibility index (Phi) is 7.42. The fraction of sp³-hybridized carbons (Fsp3) is 0.520. The zero-order chi connectivity index (χ0) is 24.2. The van der Waals surface area contributed by atoms with E-state index in [1.807, 2.05) is 35.9 Å². The van der Waals surface area contributed by atoms with Crippen LogP contribution in [0.15, 0.2) is 36.5 Å². The molecule has 2 aromatic rings. The summed E-state index contributed by atoms with van der Waals surface area (Å²) in [5.74, 6) is -0.361. The minimum Gasteiger partial charge on any atom is -0.466 e. The highest BCUT2D eigenvalue weighted by Gasteiger charge is 2.51. The lowest BCUT2D eigenvalue weighted by Crippen LogP contribution is -2.48. The molecular weight excluding hydrogens is 424 g/mol. The zero-order valence-corrected chi connectivity index (χ0v) is 19.4. The number of nitrogens with zero attached hydrogens (tertiary/aromatic N) is 2. The maximum absolute atomic E-state index is 11.6. The van der Waals surface area contributed by atoms with Crippen molar-refractivity contribution in [3.05, 3.63) is 47.8 Å². The van der Waals surface area contributed by atoms with Crippen LogP contribution in [0.1, 0.15) is 56.9 Å². The van der Waals surface area contributed by atoms with Crippen molar-refractivity contribution in [1.82, 2.24) is 9.47 Å². The molecule has 4 rings (SSSR count). The molecule has 8 nitrogen and oxygen atoms in total. The van der Waals surface area contributed by atoms with Gasteiger partial charge in [0.2, 0.25) is 0 Å². The van der Waals surface area contributed by atoms with Crippen molar-refractivity contribution in [2.45, 2.75) is 57.8 Å². The van der Waals surface area contributed by atoms with Crippen LogP contribution in [0.4, 0.5) is 0 Å². The molecule has 3 heterocycles. The number of rotatable bonds is 3. The largest absolute Gasteiger partial charge is 0.466 e. The van der Waals surface area contributed by atoms with Crippen LogP contribution >= 0.6 is 0 Å². The van der Waals surface area contributed by atoms with Gasteiger partial charge >= 0.3 is 12.1 Å². The summed E-state index contributed by atoms with van der Waals surface area (Å²) in [5, 5.41) is 24.2. The molecule has 0 saturated heterocycles. The predicted octanol–water partition coefficient (Wildman–Crippen LogP) is 2.88. The molecule has 8 heteroatoms. The smallest absolute Gasteiger partial charge is 0.373 e. The second-order valence-electron chi connectivity index (χ2n) is 9.04. The Hall–Kier alpha value is -2.93. The highest BCUT2D eigenvalue weighted by atomic mass is 16.5. The van der Waals surface area contributed by atoms with E-state index in [0.717, 1.165) is 60.9 Å². The van der Waals surface area contributed by atoms with Gasteiger partial charge in [0.15, 0.2) is 0 Å². The van der Waals surface area contributed by atoms with Gasteiger partial charge in [-0.25, -0.2) is 4.79 Å². The van der Waals surface area contributed by atoms with E-state index in [1.165, 1.54) is 13.2 Å². The Morgan fingerprint density at radius 3 is 2.67 bits per heavy atom. The van der Waals surface area contributed by atoms with E-state index in [-0.39, 0.29) is 17.5 Å². The van der Waals surface area contributed by atoms with Crippen molar-refractivity contribution < 1.29 is 29.3 Å². The van der Waals surface area contributed by atoms with Crippen molar-refractivity contribution in [2.75, 3.05) is 20.2 Å². The maximum atomic E-state index is 11.6. The fourth-order valence-electron chi connectivity index (χ4n) is 5.63. The van der Waals surface area contributed by atoms with Gasteiger partial charge in [-0.3, -0.25) is 0 Å². The van der Waals surface area contributed by atoms with Gasteiger partial charge in [-0.05, 0) is 44.2 Å². The van der Waals surface area contributed by atoms with Gasteiger partial charge in [0, 0.05) is 42.6 Å². The first-order valence-corrected chi connectivity index (χ1v) is 11.3. The number of carbonyl (C=O) groups excluding carboxylic acids is 3. The van der Waals surface area contributed by atoms with Crippen LogP contribution in [-0.4, -0.2) is 52.0 Å². The first-order valence-electron chi connectivity index (χ1n) is 11.3. The summed E-state index contributed by atoms with van der Waals surface area (Å²) < 4.78 is 6.70. The summed E-state index contributed by atoms with van der Waals surface area (Å²) in [5.41, 5.74) is 1.48. The number of carbonyl (C=O) groups is 1. The van der Waals surface area contributed by atoms with Gasteiger partial charge in [0.1, 0.15) is 11.8 Å². The number of hydrogen-bond acceptors (Lipinski definition) is 7. The Balaban J connectivity index is 0.000000968.